The number of rotatable bonds is 0. The van der Waals surface area contributed by atoms with Crippen molar-refractivity contribution in [2.75, 3.05) is 0 Å². The van der Waals surface area contributed by atoms with Crippen LogP contribution in [-0.2, 0) is 6.54 Å². The summed E-state index contributed by atoms with van der Waals surface area (Å²) >= 11 is 12.3. The molecule has 1 aromatic carbocycles. The van der Waals surface area contributed by atoms with Crippen molar-refractivity contribution < 1.29 is 0 Å². The van der Waals surface area contributed by atoms with E-state index in [-0.39, 0.29) is 6.04 Å². The van der Waals surface area contributed by atoms with Crippen LogP contribution in [0.15, 0.2) is 18.2 Å². The number of nitrogens with zero attached hydrogens (tertiary/aromatic N) is 1. The Balaban J connectivity index is 2.38. The molecule has 3 rings (SSSR count). The van der Waals surface area contributed by atoms with Gasteiger partial charge in [-0.1, -0.05) is 29.3 Å². The Kier molecular flexibility index (Phi) is 2.39. The number of fused-ring (bicyclic) bond motifs is 3. The van der Waals surface area contributed by atoms with Crippen molar-refractivity contribution in [1.82, 2.24) is 4.57 Å². The number of hydrogen-bond donors (Lipinski definition) is 1. The fraction of sp³-hybridized carbons (Fsp3) is 0.333. The quantitative estimate of drug-likeness (QED) is 0.763. The van der Waals surface area contributed by atoms with Gasteiger partial charge in [0.2, 0.25) is 0 Å². The van der Waals surface area contributed by atoms with Gasteiger partial charge in [-0.25, -0.2) is 0 Å². The summed E-state index contributed by atoms with van der Waals surface area (Å²) in [7, 11) is 0. The second-order valence-electron chi connectivity index (χ2n) is 4.27. The molecule has 1 aliphatic rings. The van der Waals surface area contributed by atoms with Crippen LogP contribution in [0.3, 0.4) is 0 Å². The second-order valence-corrected chi connectivity index (χ2v) is 5.05. The Labute approximate surface area is 104 Å². The van der Waals surface area contributed by atoms with Crippen molar-refractivity contribution in [3.63, 3.8) is 0 Å². The van der Waals surface area contributed by atoms with Crippen LogP contribution in [0.5, 0.6) is 0 Å². The van der Waals surface area contributed by atoms with Gasteiger partial charge in [0.05, 0.1) is 15.6 Å². The summed E-state index contributed by atoms with van der Waals surface area (Å²) in [6, 6.07) is 6.09. The largest absolute Gasteiger partial charge is 0.342 e. The highest BCUT2D eigenvalue weighted by Crippen LogP contribution is 2.36. The lowest BCUT2D eigenvalue weighted by atomic mass is 10.1. The SMILES string of the molecule is NC1CCCn2c1cc1ccc(Cl)c(Cl)c12. The maximum Gasteiger partial charge on any atom is 0.0835 e. The molecule has 16 heavy (non-hydrogen) atoms. The normalized spacial score (nSPS) is 20.1. The lowest BCUT2D eigenvalue weighted by Gasteiger charge is -2.22. The number of hydrogen-bond acceptors (Lipinski definition) is 1. The van der Waals surface area contributed by atoms with Gasteiger partial charge in [-0.15, -0.1) is 0 Å². The molecule has 0 spiro atoms. The fourth-order valence-corrected chi connectivity index (χ4v) is 2.90. The zero-order chi connectivity index (χ0) is 11.3. The minimum absolute atomic E-state index is 0.121. The lowest BCUT2D eigenvalue weighted by Crippen LogP contribution is -2.20. The molecule has 1 aliphatic heterocycles. The molecule has 2 aromatic rings. The predicted octanol–water partition coefficient (Wildman–Crippen LogP) is 3.74. The predicted molar refractivity (Wildman–Crippen MR) is 68.1 cm³/mol. The molecular weight excluding hydrogens is 243 g/mol. The van der Waals surface area contributed by atoms with Gasteiger partial charge in [-0.05, 0) is 25.0 Å². The van der Waals surface area contributed by atoms with Crippen molar-refractivity contribution >= 4 is 34.1 Å². The summed E-state index contributed by atoms with van der Waals surface area (Å²) in [5.74, 6) is 0. The molecule has 1 aromatic heterocycles. The summed E-state index contributed by atoms with van der Waals surface area (Å²) in [6.45, 7) is 0.979. The molecule has 0 radical (unpaired) electrons. The number of nitrogens with two attached hydrogens (primary N) is 1. The van der Waals surface area contributed by atoms with Crippen LogP contribution in [-0.4, -0.2) is 4.57 Å². The minimum Gasteiger partial charge on any atom is -0.342 e. The third kappa shape index (κ3) is 1.37. The van der Waals surface area contributed by atoms with Gasteiger partial charge in [0.25, 0.3) is 0 Å². The summed E-state index contributed by atoms with van der Waals surface area (Å²) < 4.78 is 2.21. The van der Waals surface area contributed by atoms with E-state index in [9.17, 15) is 0 Å². The molecule has 1 unspecified atom stereocenters. The van der Waals surface area contributed by atoms with E-state index in [4.69, 9.17) is 28.9 Å². The van der Waals surface area contributed by atoms with Crippen molar-refractivity contribution in [1.29, 1.82) is 0 Å². The van der Waals surface area contributed by atoms with Gasteiger partial charge < -0.3 is 10.3 Å². The molecule has 0 saturated heterocycles. The minimum atomic E-state index is 0.121. The second kappa shape index (κ2) is 3.66. The van der Waals surface area contributed by atoms with Crippen LogP contribution in [0.1, 0.15) is 24.6 Å². The van der Waals surface area contributed by atoms with Gasteiger partial charge in [0.15, 0.2) is 0 Å². The number of aryl methyl sites for hydroxylation is 1. The maximum atomic E-state index is 6.26. The molecule has 2 heterocycles. The molecular formula is C12H12Cl2N2. The van der Waals surface area contributed by atoms with Crippen LogP contribution >= 0.6 is 23.2 Å². The van der Waals surface area contributed by atoms with E-state index in [1.807, 2.05) is 12.1 Å². The van der Waals surface area contributed by atoms with E-state index in [1.165, 1.54) is 5.69 Å². The Bertz CT molecular complexity index is 560. The van der Waals surface area contributed by atoms with Crippen LogP contribution in [0.25, 0.3) is 10.9 Å². The Morgan fingerprint density at radius 2 is 2.12 bits per heavy atom. The van der Waals surface area contributed by atoms with E-state index < -0.39 is 0 Å². The Hall–Kier alpha value is -0.700. The first-order valence-corrected chi connectivity index (χ1v) is 6.17. The summed E-state index contributed by atoms with van der Waals surface area (Å²) in [4.78, 5) is 0. The van der Waals surface area contributed by atoms with Crippen molar-refractivity contribution in [2.45, 2.75) is 25.4 Å². The van der Waals surface area contributed by atoms with E-state index in [2.05, 4.69) is 10.6 Å². The first-order chi connectivity index (χ1) is 7.68. The molecule has 2 nitrogen and oxygen atoms in total. The zero-order valence-electron chi connectivity index (χ0n) is 8.71. The molecule has 4 heteroatoms. The Morgan fingerprint density at radius 3 is 2.94 bits per heavy atom. The highest BCUT2D eigenvalue weighted by Gasteiger charge is 2.21. The van der Waals surface area contributed by atoms with Crippen LogP contribution in [0.4, 0.5) is 0 Å². The first-order valence-electron chi connectivity index (χ1n) is 5.41. The van der Waals surface area contributed by atoms with E-state index in [1.54, 1.807) is 0 Å². The highest BCUT2D eigenvalue weighted by molar-refractivity contribution is 6.45. The van der Waals surface area contributed by atoms with Gasteiger partial charge in [-0.2, -0.15) is 0 Å². The average molecular weight is 255 g/mol. The smallest absolute Gasteiger partial charge is 0.0835 e. The molecule has 1 atom stereocenters. The van der Waals surface area contributed by atoms with Gasteiger partial charge in [0, 0.05) is 23.7 Å². The third-order valence-corrected chi connectivity index (χ3v) is 4.06. The van der Waals surface area contributed by atoms with Gasteiger partial charge in [-0.3, -0.25) is 0 Å². The van der Waals surface area contributed by atoms with E-state index >= 15 is 0 Å². The lowest BCUT2D eigenvalue weighted by molar-refractivity contribution is 0.471. The fourth-order valence-electron chi connectivity index (χ4n) is 2.48. The third-order valence-electron chi connectivity index (χ3n) is 3.26. The molecule has 0 bridgehead atoms. The summed E-state index contributed by atoms with van der Waals surface area (Å²) in [5, 5.41) is 2.37. The van der Waals surface area contributed by atoms with Gasteiger partial charge in [0.1, 0.15) is 0 Å². The van der Waals surface area contributed by atoms with Gasteiger partial charge >= 0.3 is 0 Å². The number of benzene rings is 1. The van der Waals surface area contributed by atoms with E-state index in [0.717, 1.165) is 30.3 Å². The zero-order valence-corrected chi connectivity index (χ0v) is 10.2. The first kappa shape index (κ1) is 10.5. The summed E-state index contributed by atoms with van der Waals surface area (Å²) in [6.07, 6.45) is 2.14. The standard InChI is InChI=1S/C12H12Cl2N2/c13-8-4-3-7-6-10-9(15)2-1-5-16(10)12(7)11(8)14/h3-4,6,9H,1-2,5,15H2. The Morgan fingerprint density at radius 1 is 1.31 bits per heavy atom. The van der Waals surface area contributed by atoms with Crippen LogP contribution in [0.2, 0.25) is 10.0 Å². The highest BCUT2D eigenvalue weighted by atomic mass is 35.5. The summed E-state index contributed by atoms with van der Waals surface area (Å²) in [5.41, 5.74) is 8.30. The molecule has 84 valence electrons. The van der Waals surface area contributed by atoms with E-state index in [0.29, 0.717) is 10.0 Å². The molecule has 2 N–H and O–H groups in total. The number of halogens is 2. The molecule has 0 fully saturated rings. The van der Waals surface area contributed by atoms with Crippen LogP contribution in [0, 0.1) is 0 Å². The number of aromatic nitrogens is 1. The molecule has 0 amide bonds. The van der Waals surface area contributed by atoms with Crippen LogP contribution < -0.4 is 5.73 Å². The monoisotopic (exact) mass is 254 g/mol. The topological polar surface area (TPSA) is 30.9 Å². The average Bonchev–Trinajstić information content (AvgIpc) is 2.64. The maximum absolute atomic E-state index is 6.26. The molecule has 0 aliphatic carbocycles. The van der Waals surface area contributed by atoms with Crippen molar-refractivity contribution in [2.24, 2.45) is 5.73 Å². The molecule has 0 saturated carbocycles. The van der Waals surface area contributed by atoms with Crippen molar-refractivity contribution in [3.8, 4) is 0 Å². The van der Waals surface area contributed by atoms with Crippen molar-refractivity contribution in [3.05, 3.63) is 33.9 Å².